The molecule has 4 aliphatic heterocycles. The van der Waals surface area contributed by atoms with Crippen LogP contribution in [0.2, 0.25) is 0 Å². The van der Waals surface area contributed by atoms with Gasteiger partial charge in [-0.2, -0.15) is 0 Å². The molecule has 0 saturated carbocycles. The smallest absolute Gasteiger partial charge is 0.349 e. The van der Waals surface area contributed by atoms with E-state index in [1.54, 1.807) is 27.7 Å². The van der Waals surface area contributed by atoms with Crippen LogP contribution in [0.4, 0.5) is 0 Å². The summed E-state index contributed by atoms with van der Waals surface area (Å²) >= 11 is 0.916. The van der Waals surface area contributed by atoms with Gasteiger partial charge in [-0.25, -0.2) is 4.79 Å². The lowest BCUT2D eigenvalue weighted by Gasteiger charge is -2.49. The van der Waals surface area contributed by atoms with Crippen LogP contribution in [-0.4, -0.2) is 133 Å². The number of esters is 5. The van der Waals surface area contributed by atoms with Crippen molar-refractivity contribution in [3.05, 3.63) is 0 Å². The van der Waals surface area contributed by atoms with Crippen LogP contribution in [0.15, 0.2) is 0 Å². The molecule has 0 aliphatic carbocycles. The van der Waals surface area contributed by atoms with E-state index in [0.29, 0.717) is 0 Å². The van der Waals surface area contributed by atoms with E-state index in [1.165, 1.54) is 6.92 Å². The highest BCUT2D eigenvalue weighted by atomic mass is 32.2. The second-order valence-corrected chi connectivity index (χ2v) is 14.9. The van der Waals surface area contributed by atoms with Crippen LogP contribution in [0.1, 0.15) is 68.7 Å². The number of rotatable bonds is 12. The van der Waals surface area contributed by atoms with E-state index in [1.807, 2.05) is 0 Å². The number of hydrogen-bond acceptors (Lipinski definition) is 18. The number of methoxy groups -OCH3 is 1. The van der Waals surface area contributed by atoms with Gasteiger partial charge in [-0.1, -0.05) is 0 Å². The first-order chi connectivity index (χ1) is 23.7. The summed E-state index contributed by atoms with van der Waals surface area (Å²) in [7, 11) is 1.12. The van der Waals surface area contributed by atoms with Gasteiger partial charge in [0.05, 0.1) is 25.0 Å². The van der Waals surface area contributed by atoms with Crippen molar-refractivity contribution in [1.29, 1.82) is 0 Å². The molecule has 0 aromatic rings. The molecule has 0 bridgehead atoms. The lowest BCUT2D eigenvalue weighted by molar-refractivity contribution is -0.225. The Morgan fingerprint density at radius 1 is 0.824 bits per heavy atom. The molecule has 4 aliphatic rings. The summed E-state index contributed by atoms with van der Waals surface area (Å²) in [6, 6.07) is -1.31. The molecule has 4 heterocycles. The topological polar surface area (TPSA) is 216 Å². The molecule has 0 unspecified atom stereocenters. The molecule has 0 aromatic carbocycles. The zero-order valence-electron chi connectivity index (χ0n) is 30.2. The van der Waals surface area contributed by atoms with E-state index in [9.17, 15) is 28.8 Å². The van der Waals surface area contributed by atoms with Gasteiger partial charge in [0.25, 0.3) is 0 Å². The van der Waals surface area contributed by atoms with Crippen molar-refractivity contribution >= 4 is 47.5 Å². The number of nitrogens with one attached hydrogen (secondary N) is 1. The summed E-state index contributed by atoms with van der Waals surface area (Å²) in [4.78, 5) is 73.9. The molecule has 1 N–H and O–H groups in total. The van der Waals surface area contributed by atoms with Crippen LogP contribution in [-0.2, 0) is 80.9 Å². The highest BCUT2D eigenvalue weighted by Gasteiger charge is 2.65. The molecular formula is C32H47NO17S. The van der Waals surface area contributed by atoms with Gasteiger partial charge in [0.1, 0.15) is 37.1 Å². The zero-order valence-corrected chi connectivity index (χ0v) is 31.1. The number of amides is 1. The minimum atomic E-state index is -2.11. The lowest BCUT2D eigenvalue weighted by Crippen LogP contribution is -2.68. The van der Waals surface area contributed by atoms with Gasteiger partial charge in [0, 0.05) is 41.0 Å². The molecule has 0 aromatic heterocycles. The van der Waals surface area contributed by atoms with E-state index in [-0.39, 0.29) is 6.61 Å². The fourth-order valence-electron chi connectivity index (χ4n) is 6.55. The van der Waals surface area contributed by atoms with Crippen LogP contribution in [0.25, 0.3) is 0 Å². The number of ether oxygens (including phenoxy) is 11. The van der Waals surface area contributed by atoms with Gasteiger partial charge in [-0.05, 0) is 27.7 Å². The first-order valence-corrected chi connectivity index (χ1v) is 17.2. The third-order valence-corrected chi connectivity index (χ3v) is 9.86. The standard InChI is InChI=1S/C32H47NO17S/c1-14(34)33-22-19(43-16(3)36)11-32(29(39)40-10,49-25(22)23(45-18(5)38)20(44-17(4)37)12-41-15(2)35)51-27-24(21-13-42-30(6,7)47-21)46-28-26(27)48-31(8,9)50-28/h19-28H,11-13H2,1-10H3,(H,33,34)/t19-,20+,21+,22+,23+,24-,25+,26+,27-,28+,32-/m0/s1. The summed E-state index contributed by atoms with van der Waals surface area (Å²) in [6.45, 7) is 12.0. The number of fused-ring (bicyclic) bond motifs is 1. The third kappa shape index (κ3) is 9.88. The van der Waals surface area contributed by atoms with Crippen molar-refractivity contribution in [3.8, 4) is 0 Å². The molecule has 0 radical (unpaired) electrons. The molecule has 19 heteroatoms. The van der Waals surface area contributed by atoms with Gasteiger partial charge in [-0.3, -0.25) is 24.0 Å². The summed E-state index contributed by atoms with van der Waals surface area (Å²) in [5.74, 6) is -6.86. The van der Waals surface area contributed by atoms with Crippen molar-refractivity contribution in [2.45, 2.75) is 146 Å². The fraction of sp³-hybridized carbons (Fsp3) is 0.812. The molecular weight excluding hydrogens is 702 g/mol. The summed E-state index contributed by atoms with van der Waals surface area (Å²) in [5, 5.41) is 1.87. The van der Waals surface area contributed by atoms with Crippen molar-refractivity contribution in [2.24, 2.45) is 0 Å². The molecule has 288 valence electrons. The summed E-state index contributed by atoms with van der Waals surface area (Å²) in [5.41, 5.74) is 0. The Kier molecular flexibility index (Phi) is 12.7. The Labute approximate surface area is 299 Å². The predicted octanol–water partition coefficient (Wildman–Crippen LogP) is 0.637. The maximum absolute atomic E-state index is 14.1. The van der Waals surface area contributed by atoms with Crippen molar-refractivity contribution in [2.75, 3.05) is 20.3 Å². The van der Waals surface area contributed by atoms with Crippen molar-refractivity contribution < 1.29 is 80.9 Å². The zero-order chi connectivity index (χ0) is 38.1. The van der Waals surface area contributed by atoms with Crippen LogP contribution in [0.3, 0.4) is 0 Å². The van der Waals surface area contributed by atoms with E-state index < -0.39 is 126 Å². The molecule has 11 atom stereocenters. The first kappa shape index (κ1) is 40.7. The van der Waals surface area contributed by atoms with Crippen LogP contribution < -0.4 is 5.32 Å². The van der Waals surface area contributed by atoms with Crippen molar-refractivity contribution in [3.63, 3.8) is 0 Å². The fourth-order valence-corrected chi connectivity index (χ4v) is 8.29. The minimum absolute atomic E-state index is 0.127. The summed E-state index contributed by atoms with van der Waals surface area (Å²) in [6.07, 6.45) is -9.70. The van der Waals surface area contributed by atoms with Gasteiger partial charge in [0.15, 0.2) is 30.1 Å². The molecule has 18 nitrogen and oxygen atoms in total. The highest BCUT2D eigenvalue weighted by Crippen LogP contribution is 2.52. The Hall–Kier alpha value is -3.07. The Bertz CT molecular complexity index is 1360. The minimum Gasteiger partial charge on any atom is -0.466 e. The maximum Gasteiger partial charge on any atom is 0.349 e. The van der Waals surface area contributed by atoms with Crippen LogP contribution in [0.5, 0.6) is 0 Å². The van der Waals surface area contributed by atoms with Gasteiger partial charge in [-0.15, -0.1) is 11.8 Å². The molecule has 0 spiro atoms. The number of carbonyl (C=O) groups is 6. The Morgan fingerprint density at radius 3 is 2.02 bits per heavy atom. The molecule has 51 heavy (non-hydrogen) atoms. The highest BCUT2D eigenvalue weighted by molar-refractivity contribution is 8.02. The normalized spacial score (nSPS) is 34.7. The lowest BCUT2D eigenvalue weighted by atomic mass is 9.89. The van der Waals surface area contributed by atoms with Gasteiger partial charge < -0.3 is 57.4 Å². The molecule has 4 fully saturated rings. The number of hydrogen-bond donors (Lipinski definition) is 1. The first-order valence-electron chi connectivity index (χ1n) is 16.3. The Morgan fingerprint density at radius 2 is 1.49 bits per heavy atom. The SMILES string of the molecule is COC(=O)[C@@]1(S[C@H]2[C@H]([C@H]3COC(C)(C)O3)O[C@@H]3OC(C)(C)O[C@@H]32)C[C@H](OC(C)=O)[C@@H](NC(C)=O)[C@H]([C@H](OC(C)=O)[C@@H](COC(C)=O)OC(C)=O)O1. The monoisotopic (exact) mass is 749 g/mol. The summed E-state index contributed by atoms with van der Waals surface area (Å²) < 4.78 is 64.5. The molecule has 4 saturated heterocycles. The third-order valence-electron chi connectivity index (χ3n) is 8.25. The second kappa shape index (κ2) is 15.9. The second-order valence-electron chi connectivity index (χ2n) is 13.4. The van der Waals surface area contributed by atoms with Gasteiger partial charge >= 0.3 is 29.8 Å². The number of thioether (sulfide) groups is 1. The van der Waals surface area contributed by atoms with E-state index in [2.05, 4.69) is 5.32 Å². The Balaban J connectivity index is 1.87. The molecule has 1 amide bonds. The van der Waals surface area contributed by atoms with Crippen LogP contribution in [0, 0.1) is 0 Å². The van der Waals surface area contributed by atoms with E-state index in [0.717, 1.165) is 46.6 Å². The predicted molar refractivity (Wildman–Crippen MR) is 170 cm³/mol. The average Bonchev–Trinajstić information content (AvgIpc) is 3.62. The average molecular weight is 750 g/mol. The van der Waals surface area contributed by atoms with Gasteiger partial charge in [0.2, 0.25) is 10.8 Å². The number of carbonyl (C=O) groups excluding carboxylic acids is 6. The quantitative estimate of drug-likeness (QED) is 0.214. The van der Waals surface area contributed by atoms with Crippen molar-refractivity contribution in [1.82, 2.24) is 5.32 Å². The van der Waals surface area contributed by atoms with Crippen LogP contribution >= 0.6 is 11.8 Å². The van der Waals surface area contributed by atoms with E-state index >= 15 is 0 Å². The molecule has 4 rings (SSSR count). The largest absolute Gasteiger partial charge is 0.466 e. The maximum atomic E-state index is 14.1. The van der Waals surface area contributed by atoms with E-state index in [4.69, 9.17) is 52.1 Å².